The summed E-state index contributed by atoms with van der Waals surface area (Å²) in [5.41, 5.74) is 1.67. The zero-order chi connectivity index (χ0) is 28.9. The Labute approximate surface area is 248 Å². The molecule has 1 aliphatic rings. The van der Waals surface area contributed by atoms with Gasteiger partial charge in [0.25, 0.3) is 5.78 Å². The maximum absolute atomic E-state index is 13.6. The number of thiazole rings is 1. The number of Topliss-reactive ketones (excluding diaryl/α,β-unsaturated/α-hetero) is 1. The van der Waals surface area contributed by atoms with Gasteiger partial charge < -0.3 is 14.6 Å². The average molecular weight is 591 g/mol. The Kier molecular flexibility index (Phi) is 8.90. The number of rotatable bonds is 11. The van der Waals surface area contributed by atoms with Crippen molar-refractivity contribution < 1.29 is 24.2 Å². The van der Waals surface area contributed by atoms with Crippen LogP contribution in [0.5, 0.6) is 11.5 Å². The van der Waals surface area contributed by atoms with Gasteiger partial charge in [0.15, 0.2) is 5.13 Å². The molecule has 0 saturated carbocycles. The van der Waals surface area contributed by atoms with Crippen LogP contribution in [0.15, 0.2) is 72.3 Å². The molecule has 1 amide bonds. The van der Waals surface area contributed by atoms with Gasteiger partial charge in [-0.05, 0) is 60.9 Å². The van der Waals surface area contributed by atoms with E-state index in [1.807, 2.05) is 31.2 Å². The van der Waals surface area contributed by atoms with Crippen molar-refractivity contribution in [3.8, 4) is 11.5 Å². The second-order valence-corrected chi connectivity index (χ2v) is 11.2. The Morgan fingerprint density at radius 3 is 2.49 bits per heavy atom. The highest BCUT2D eigenvalue weighted by atomic mass is 35.5. The van der Waals surface area contributed by atoms with Gasteiger partial charge in [0.05, 0.1) is 35.0 Å². The molecule has 1 atom stereocenters. The number of halogens is 1. The molecule has 41 heavy (non-hydrogen) atoms. The van der Waals surface area contributed by atoms with E-state index >= 15 is 0 Å². The summed E-state index contributed by atoms with van der Waals surface area (Å²) in [6, 6.07) is 18.5. The Hall–Kier alpha value is -3.88. The average Bonchev–Trinajstić information content (AvgIpc) is 3.51. The number of aliphatic hydroxyl groups is 1. The highest BCUT2D eigenvalue weighted by molar-refractivity contribution is 7.22. The third-order valence-electron chi connectivity index (χ3n) is 6.78. The van der Waals surface area contributed by atoms with E-state index in [9.17, 15) is 14.7 Å². The number of hydrogen-bond acceptors (Lipinski definition) is 7. The molecule has 1 saturated heterocycles. The maximum atomic E-state index is 13.6. The highest BCUT2D eigenvalue weighted by Gasteiger charge is 2.48. The summed E-state index contributed by atoms with van der Waals surface area (Å²) in [6.07, 6.45) is 3.98. The summed E-state index contributed by atoms with van der Waals surface area (Å²) in [6.45, 7) is 5.27. The topological polar surface area (TPSA) is 89.0 Å². The smallest absolute Gasteiger partial charge is 0.301 e. The second kappa shape index (κ2) is 12.7. The lowest BCUT2D eigenvalue weighted by Crippen LogP contribution is -2.29. The molecular weight excluding hydrogens is 560 g/mol. The Morgan fingerprint density at radius 2 is 1.73 bits per heavy atom. The molecule has 1 N–H and O–H groups in total. The highest BCUT2D eigenvalue weighted by Crippen LogP contribution is 2.45. The fraction of sp³-hybridized carbons (Fsp3) is 0.281. The number of benzene rings is 3. The molecule has 5 rings (SSSR count). The van der Waals surface area contributed by atoms with Crippen LogP contribution in [0.3, 0.4) is 0 Å². The summed E-state index contributed by atoms with van der Waals surface area (Å²) >= 11 is 7.45. The number of nitrogens with zero attached hydrogens (tertiary/aromatic N) is 2. The van der Waals surface area contributed by atoms with E-state index < -0.39 is 17.7 Å². The van der Waals surface area contributed by atoms with Crippen molar-refractivity contribution in [1.29, 1.82) is 0 Å². The molecule has 2 heterocycles. The number of ketones is 1. The number of fused-ring (bicyclic) bond motifs is 1. The van der Waals surface area contributed by atoms with Crippen LogP contribution in [-0.4, -0.2) is 35.0 Å². The predicted molar refractivity (Wildman–Crippen MR) is 163 cm³/mol. The summed E-state index contributed by atoms with van der Waals surface area (Å²) in [5, 5.41) is 12.4. The Morgan fingerprint density at radius 1 is 0.951 bits per heavy atom. The standard InChI is InChI=1S/C32H31ClN2O5S/c1-3-5-6-17-40-23-13-10-20(11-14-23)28-27(29(36)21-8-7-9-24(18-21)39-16-4-2)30(37)31(38)35(28)32-34-25-15-12-22(33)19-26(25)41-32/h7-15,18-19,28,36H,3-6,16-17H2,1-2H3/b29-27+. The lowest BCUT2D eigenvalue weighted by atomic mass is 9.95. The molecule has 1 aliphatic heterocycles. The number of anilines is 1. The molecule has 1 fully saturated rings. The van der Waals surface area contributed by atoms with Gasteiger partial charge in [0.2, 0.25) is 0 Å². The third-order valence-corrected chi connectivity index (χ3v) is 8.04. The molecule has 9 heteroatoms. The van der Waals surface area contributed by atoms with Crippen molar-refractivity contribution in [3.63, 3.8) is 0 Å². The number of carbonyl (C=O) groups is 2. The number of amides is 1. The Bertz CT molecular complexity index is 1600. The van der Waals surface area contributed by atoms with Gasteiger partial charge in [0.1, 0.15) is 17.3 Å². The van der Waals surface area contributed by atoms with E-state index in [4.69, 9.17) is 21.1 Å². The quantitative estimate of drug-likeness (QED) is 0.0825. The SMILES string of the molecule is CCCCCOc1ccc(C2/C(=C(\O)c3cccc(OCCC)c3)C(=O)C(=O)N2c2nc3ccc(Cl)cc3s2)cc1. The monoisotopic (exact) mass is 590 g/mol. The van der Waals surface area contributed by atoms with Gasteiger partial charge in [-0.15, -0.1) is 0 Å². The van der Waals surface area contributed by atoms with E-state index in [0.29, 0.717) is 51.5 Å². The first kappa shape index (κ1) is 28.6. The summed E-state index contributed by atoms with van der Waals surface area (Å²) in [4.78, 5) is 33.2. The number of unbranched alkanes of at least 4 members (excludes halogenated alkanes) is 2. The van der Waals surface area contributed by atoms with E-state index in [1.54, 1.807) is 42.5 Å². The Balaban J connectivity index is 1.59. The van der Waals surface area contributed by atoms with Crippen molar-refractivity contribution in [2.75, 3.05) is 18.1 Å². The van der Waals surface area contributed by atoms with Gasteiger partial charge in [0, 0.05) is 10.6 Å². The van der Waals surface area contributed by atoms with Crippen LogP contribution in [0, 0.1) is 0 Å². The molecule has 3 aromatic carbocycles. The fourth-order valence-electron chi connectivity index (χ4n) is 4.73. The predicted octanol–water partition coefficient (Wildman–Crippen LogP) is 7.93. The zero-order valence-electron chi connectivity index (χ0n) is 22.9. The minimum atomic E-state index is -0.902. The van der Waals surface area contributed by atoms with Crippen LogP contribution in [0.1, 0.15) is 56.7 Å². The molecule has 0 bridgehead atoms. The van der Waals surface area contributed by atoms with Crippen LogP contribution in [0.4, 0.5) is 5.13 Å². The molecule has 0 spiro atoms. The van der Waals surface area contributed by atoms with E-state index in [1.165, 1.54) is 16.2 Å². The summed E-state index contributed by atoms with van der Waals surface area (Å²) in [7, 11) is 0. The first-order valence-corrected chi connectivity index (χ1v) is 14.9. The van der Waals surface area contributed by atoms with E-state index in [0.717, 1.165) is 30.4 Å². The number of aromatic nitrogens is 1. The number of aliphatic hydroxyl groups excluding tert-OH is 1. The normalized spacial score (nSPS) is 16.5. The van der Waals surface area contributed by atoms with Crippen LogP contribution < -0.4 is 14.4 Å². The van der Waals surface area contributed by atoms with Gasteiger partial charge in [-0.25, -0.2) is 4.98 Å². The van der Waals surface area contributed by atoms with Crippen LogP contribution >= 0.6 is 22.9 Å². The molecule has 4 aromatic rings. The van der Waals surface area contributed by atoms with Gasteiger partial charge in [-0.2, -0.15) is 0 Å². The largest absolute Gasteiger partial charge is 0.507 e. The molecule has 1 aromatic heterocycles. The molecule has 212 valence electrons. The fourth-order valence-corrected chi connectivity index (χ4v) is 6.00. The van der Waals surface area contributed by atoms with E-state index in [2.05, 4.69) is 11.9 Å². The minimum Gasteiger partial charge on any atom is -0.507 e. The third kappa shape index (κ3) is 6.09. The van der Waals surface area contributed by atoms with Crippen molar-refractivity contribution >= 4 is 55.7 Å². The van der Waals surface area contributed by atoms with Crippen molar-refractivity contribution in [2.24, 2.45) is 0 Å². The molecular formula is C32H31ClN2O5S. The first-order valence-electron chi connectivity index (χ1n) is 13.7. The van der Waals surface area contributed by atoms with Crippen LogP contribution in [0.25, 0.3) is 16.0 Å². The molecule has 7 nitrogen and oxygen atoms in total. The molecule has 0 aliphatic carbocycles. The van der Waals surface area contributed by atoms with Crippen molar-refractivity contribution in [1.82, 2.24) is 4.98 Å². The van der Waals surface area contributed by atoms with E-state index in [-0.39, 0.29) is 11.3 Å². The number of carbonyl (C=O) groups excluding carboxylic acids is 2. The number of hydrogen-bond donors (Lipinski definition) is 1. The molecule has 0 radical (unpaired) electrons. The second-order valence-electron chi connectivity index (χ2n) is 9.78. The van der Waals surface area contributed by atoms with Gasteiger partial charge >= 0.3 is 5.91 Å². The molecule has 1 unspecified atom stereocenters. The lowest BCUT2D eigenvalue weighted by molar-refractivity contribution is -0.132. The first-order chi connectivity index (χ1) is 19.9. The summed E-state index contributed by atoms with van der Waals surface area (Å²) in [5.74, 6) is -0.571. The minimum absolute atomic E-state index is 0.0171. The van der Waals surface area contributed by atoms with Crippen LogP contribution in [0.2, 0.25) is 5.02 Å². The lowest BCUT2D eigenvalue weighted by Gasteiger charge is -2.23. The summed E-state index contributed by atoms with van der Waals surface area (Å²) < 4.78 is 12.4. The number of ether oxygens (including phenoxy) is 2. The van der Waals surface area contributed by atoms with Gasteiger partial charge in [-0.3, -0.25) is 14.5 Å². The van der Waals surface area contributed by atoms with Crippen molar-refractivity contribution in [2.45, 2.75) is 45.6 Å². The van der Waals surface area contributed by atoms with Crippen molar-refractivity contribution in [3.05, 3.63) is 88.5 Å². The zero-order valence-corrected chi connectivity index (χ0v) is 24.5. The van der Waals surface area contributed by atoms with Crippen LogP contribution in [-0.2, 0) is 9.59 Å². The van der Waals surface area contributed by atoms with Gasteiger partial charge in [-0.1, -0.05) is 73.9 Å². The maximum Gasteiger partial charge on any atom is 0.301 e.